The molecule has 1 amide bonds. The summed E-state index contributed by atoms with van der Waals surface area (Å²) in [6.45, 7) is 0.980. The predicted octanol–water partition coefficient (Wildman–Crippen LogP) is 3.10. The molecule has 0 radical (unpaired) electrons. The van der Waals surface area contributed by atoms with Gasteiger partial charge in [0, 0.05) is 18.3 Å². The number of nitrogens with zero attached hydrogens (tertiary/aromatic N) is 1. The lowest BCUT2D eigenvalue weighted by Crippen LogP contribution is -2.39. The molecule has 1 N–H and O–H groups in total. The lowest BCUT2D eigenvalue weighted by Gasteiger charge is -2.29. The maximum Gasteiger partial charge on any atom is 0.246 e. The monoisotopic (exact) mass is 326 g/mol. The van der Waals surface area contributed by atoms with Crippen molar-refractivity contribution in [1.82, 2.24) is 0 Å². The van der Waals surface area contributed by atoms with Crippen molar-refractivity contribution >= 4 is 17.3 Å². The average molecular weight is 326 g/mol. The van der Waals surface area contributed by atoms with E-state index in [4.69, 9.17) is 9.47 Å². The molecule has 2 aromatic carbocycles. The van der Waals surface area contributed by atoms with E-state index >= 15 is 0 Å². The first-order valence-electron chi connectivity index (χ1n) is 8.07. The fourth-order valence-electron chi connectivity index (χ4n) is 3.00. The van der Waals surface area contributed by atoms with Gasteiger partial charge in [-0.15, -0.1) is 0 Å². The van der Waals surface area contributed by atoms with Gasteiger partial charge in [0.15, 0.2) is 0 Å². The molecule has 1 aliphatic rings. The van der Waals surface area contributed by atoms with Crippen LogP contribution in [0.1, 0.15) is 12.0 Å². The van der Waals surface area contributed by atoms with Gasteiger partial charge in [0.2, 0.25) is 5.91 Å². The van der Waals surface area contributed by atoms with Gasteiger partial charge < -0.3 is 19.7 Å². The van der Waals surface area contributed by atoms with Gasteiger partial charge in [-0.1, -0.05) is 18.2 Å². The number of benzene rings is 2. The van der Waals surface area contributed by atoms with Gasteiger partial charge in [0.25, 0.3) is 0 Å². The molecule has 0 saturated heterocycles. The summed E-state index contributed by atoms with van der Waals surface area (Å²) in [5, 5.41) is 3.17. The van der Waals surface area contributed by atoms with Crippen molar-refractivity contribution in [1.29, 1.82) is 0 Å². The highest BCUT2D eigenvalue weighted by Crippen LogP contribution is 2.30. The minimum absolute atomic E-state index is 0.0556. The molecule has 0 fully saturated rings. The molecule has 2 aromatic rings. The van der Waals surface area contributed by atoms with Crippen LogP contribution >= 0.6 is 0 Å². The second-order valence-electron chi connectivity index (χ2n) is 5.70. The molecule has 5 nitrogen and oxygen atoms in total. The molecule has 126 valence electrons. The Hall–Kier alpha value is -2.69. The second kappa shape index (κ2) is 7.25. The van der Waals surface area contributed by atoms with Crippen LogP contribution < -0.4 is 19.7 Å². The summed E-state index contributed by atoms with van der Waals surface area (Å²) >= 11 is 0. The van der Waals surface area contributed by atoms with E-state index in [0.29, 0.717) is 11.5 Å². The number of ether oxygens (including phenoxy) is 2. The third-order valence-electron chi connectivity index (χ3n) is 4.25. The highest BCUT2D eigenvalue weighted by atomic mass is 16.5. The summed E-state index contributed by atoms with van der Waals surface area (Å²) in [5.74, 6) is 1.43. The number of anilines is 2. The third-order valence-corrected chi connectivity index (χ3v) is 4.25. The van der Waals surface area contributed by atoms with E-state index in [1.54, 1.807) is 20.3 Å². The topological polar surface area (TPSA) is 50.8 Å². The Balaban J connectivity index is 1.71. The highest BCUT2D eigenvalue weighted by molar-refractivity contribution is 5.97. The van der Waals surface area contributed by atoms with Gasteiger partial charge in [-0.2, -0.15) is 0 Å². The van der Waals surface area contributed by atoms with Crippen LogP contribution in [-0.2, 0) is 11.2 Å². The summed E-state index contributed by atoms with van der Waals surface area (Å²) in [5.41, 5.74) is 3.04. The Kier molecular flexibility index (Phi) is 4.89. The summed E-state index contributed by atoms with van der Waals surface area (Å²) in [6, 6.07) is 13.6. The molecule has 3 rings (SSSR count). The van der Waals surface area contributed by atoms with Crippen molar-refractivity contribution in [3.05, 3.63) is 48.0 Å². The van der Waals surface area contributed by atoms with Crippen molar-refractivity contribution in [2.45, 2.75) is 12.8 Å². The first-order valence-corrected chi connectivity index (χ1v) is 8.07. The molecule has 1 heterocycles. The van der Waals surface area contributed by atoms with Gasteiger partial charge in [-0.25, -0.2) is 0 Å². The zero-order chi connectivity index (χ0) is 16.9. The zero-order valence-corrected chi connectivity index (χ0v) is 14.0. The Morgan fingerprint density at radius 3 is 2.79 bits per heavy atom. The molecule has 24 heavy (non-hydrogen) atoms. The summed E-state index contributed by atoms with van der Waals surface area (Å²) in [4.78, 5) is 14.5. The Bertz CT molecular complexity index is 730. The predicted molar refractivity (Wildman–Crippen MR) is 95.2 cm³/mol. The van der Waals surface area contributed by atoms with E-state index in [2.05, 4.69) is 11.4 Å². The molecular formula is C19H22N2O3. The van der Waals surface area contributed by atoms with E-state index in [0.717, 1.165) is 30.8 Å². The molecule has 0 aromatic heterocycles. The van der Waals surface area contributed by atoms with Crippen molar-refractivity contribution < 1.29 is 14.3 Å². The molecule has 0 atom stereocenters. The molecule has 0 saturated carbocycles. The number of hydrogen-bond donors (Lipinski definition) is 1. The fraction of sp³-hybridized carbons (Fsp3) is 0.316. The van der Waals surface area contributed by atoms with Gasteiger partial charge in [0.05, 0.1) is 26.5 Å². The molecule has 0 bridgehead atoms. The van der Waals surface area contributed by atoms with Gasteiger partial charge in [0.1, 0.15) is 11.5 Å². The van der Waals surface area contributed by atoms with Crippen LogP contribution in [0.25, 0.3) is 0 Å². The Labute approximate surface area is 142 Å². The number of aryl methyl sites for hydroxylation is 1. The number of para-hydroxylation sites is 1. The standard InChI is InChI=1S/C19H22N2O3/c1-23-15-9-10-16(18(12-15)24-2)20-13-19(22)21-11-5-7-14-6-3-4-8-17(14)21/h3-4,6,8-10,12,20H,5,7,11,13H2,1-2H3. The van der Waals surface area contributed by atoms with Gasteiger partial charge in [-0.3, -0.25) is 4.79 Å². The number of carbonyl (C=O) groups excluding carboxylic acids is 1. The molecule has 0 unspecified atom stereocenters. The van der Waals surface area contributed by atoms with E-state index in [1.807, 2.05) is 35.2 Å². The number of hydrogen-bond acceptors (Lipinski definition) is 4. The molecule has 0 aliphatic carbocycles. The van der Waals surface area contributed by atoms with Crippen LogP contribution in [0, 0.1) is 0 Å². The molecule has 1 aliphatic heterocycles. The number of amides is 1. The third kappa shape index (κ3) is 3.30. The number of fused-ring (bicyclic) bond motifs is 1. The van der Waals surface area contributed by atoms with E-state index < -0.39 is 0 Å². The fourth-order valence-corrected chi connectivity index (χ4v) is 3.00. The number of methoxy groups -OCH3 is 2. The smallest absolute Gasteiger partial charge is 0.246 e. The number of nitrogens with one attached hydrogen (secondary N) is 1. The van der Waals surface area contributed by atoms with E-state index in [-0.39, 0.29) is 12.5 Å². The normalized spacial score (nSPS) is 13.2. The van der Waals surface area contributed by atoms with E-state index in [1.165, 1.54) is 5.56 Å². The first kappa shape index (κ1) is 16.2. The van der Waals surface area contributed by atoms with Crippen molar-refractivity contribution in [2.24, 2.45) is 0 Å². The lowest BCUT2D eigenvalue weighted by atomic mass is 10.0. The number of rotatable bonds is 5. The van der Waals surface area contributed by atoms with Crippen LogP contribution in [0.5, 0.6) is 11.5 Å². The summed E-state index contributed by atoms with van der Waals surface area (Å²) < 4.78 is 10.5. The number of carbonyl (C=O) groups is 1. The maximum absolute atomic E-state index is 12.7. The van der Waals surface area contributed by atoms with Crippen LogP contribution in [0.4, 0.5) is 11.4 Å². The van der Waals surface area contributed by atoms with Gasteiger partial charge >= 0.3 is 0 Å². The minimum atomic E-state index is 0.0556. The van der Waals surface area contributed by atoms with Gasteiger partial charge in [-0.05, 0) is 36.6 Å². The van der Waals surface area contributed by atoms with E-state index in [9.17, 15) is 4.79 Å². The Morgan fingerprint density at radius 2 is 2.00 bits per heavy atom. The molecular weight excluding hydrogens is 304 g/mol. The summed E-state index contributed by atoms with van der Waals surface area (Å²) in [6.07, 6.45) is 2.02. The largest absolute Gasteiger partial charge is 0.497 e. The van der Waals surface area contributed by atoms with Crippen LogP contribution in [0.2, 0.25) is 0 Å². The van der Waals surface area contributed by atoms with Crippen molar-refractivity contribution in [3.8, 4) is 11.5 Å². The maximum atomic E-state index is 12.7. The summed E-state index contributed by atoms with van der Waals surface area (Å²) in [7, 11) is 3.21. The van der Waals surface area contributed by atoms with Crippen LogP contribution in [0.15, 0.2) is 42.5 Å². The van der Waals surface area contributed by atoms with Crippen LogP contribution in [0.3, 0.4) is 0 Å². The average Bonchev–Trinajstić information content (AvgIpc) is 2.65. The zero-order valence-electron chi connectivity index (χ0n) is 14.0. The Morgan fingerprint density at radius 1 is 1.17 bits per heavy atom. The van der Waals surface area contributed by atoms with Crippen molar-refractivity contribution in [3.63, 3.8) is 0 Å². The SMILES string of the molecule is COc1ccc(NCC(=O)N2CCCc3ccccc32)c(OC)c1. The minimum Gasteiger partial charge on any atom is -0.497 e. The second-order valence-corrected chi connectivity index (χ2v) is 5.70. The quantitative estimate of drug-likeness (QED) is 0.917. The first-order chi connectivity index (χ1) is 11.7. The van der Waals surface area contributed by atoms with Crippen molar-refractivity contribution in [2.75, 3.05) is 37.5 Å². The lowest BCUT2D eigenvalue weighted by molar-refractivity contribution is -0.117. The molecule has 0 spiro atoms. The molecule has 5 heteroatoms. The van der Waals surface area contributed by atoms with Crippen LogP contribution in [-0.4, -0.2) is 33.2 Å². The highest BCUT2D eigenvalue weighted by Gasteiger charge is 2.22.